The first-order chi connectivity index (χ1) is 16.4. The number of nitro groups is 1. The average Bonchev–Trinajstić information content (AvgIpc) is 2.89. The van der Waals surface area contributed by atoms with Gasteiger partial charge in [0.1, 0.15) is 12.1 Å². The molecule has 1 unspecified atom stereocenters. The number of quaternary nitrogens is 1. The molecule has 0 amide bonds. The number of non-ortho nitro benzene ring substituents is 1. The van der Waals surface area contributed by atoms with E-state index < -0.39 is 10.5 Å². The molecule has 34 heavy (non-hydrogen) atoms. The van der Waals surface area contributed by atoms with E-state index in [1.165, 1.54) is 12.1 Å². The maximum absolute atomic E-state index is 13.2. The molecule has 0 saturated carbocycles. The average molecular weight is 458 g/mol. The molecule has 3 fully saturated rings. The molecule has 0 spiro atoms. The van der Waals surface area contributed by atoms with Gasteiger partial charge in [-0.1, -0.05) is 60.7 Å². The van der Waals surface area contributed by atoms with Gasteiger partial charge in [0.05, 0.1) is 24.6 Å². The van der Waals surface area contributed by atoms with Gasteiger partial charge in [0.2, 0.25) is 5.78 Å². The van der Waals surface area contributed by atoms with Crippen LogP contribution in [0.5, 0.6) is 0 Å². The summed E-state index contributed by atoms with van der Waals surface area (Å²) in [4.78, 5) is 23.7. The zero-order valence-corrected chi connectivity index (χ0v) is 19.0. The molecule has 3 saturated heterocycles. The molecule has 3 aliphatic heterocycles. The highest BCUT2D eigenvalue weighted by atomic mass is 16.6. The Morgan fingerprint density at radius 1 is 0.912 bits per heavy atom. The number of carbonyl (C=O) groups is 1. The summed E-state index contributed by atoms with van der Waals surface area (Å²) in [5.41, 5.74) is 1.13. The van der Waals surface area contributed by atoms with Crippen molar-refractivity contribution in [1.82, 2.24) is 0 Å². The number of rotatable bonds is 7. The summed E-state index contributed by atoms with van der Waals surface area (Å²) in [6, 6.07) is 25.7. The van der Waals surface area contributed by atoms with Crippen molar-refractivity contribution in [3.63, 3.8) is 0 Å². The molecule has 0 aromatic heterocycles. The highest BCUT2D eigenvalue weighted by Crippen LogP contribution is 2.49. The van der Waals surface area contributed by atoms with Crippen LogP contribution in [0.3, 0.4) is 0 Å². The van der Waals surface area contributed by atoms with E-state index >= 15 is 0 Å². The topological polar surface area (TPSA) is 80.4 Å². The molecular formula is C28H29N2O4+. The minimum Gasteiger partial charge on any atom is -0.380 e. The lowest BCUT2D eigenvalue weighted by Gasteiger charge is -2.56. The third-order valence-electron chi connectivity index (χ3n) is 7.95. The second kappa shape index (κ2) is 8.78. The van der Waals surface area contributed by atoms with E-state index in [-0.39, 0.29) is 17.4 Å². The standard InChI is InChI=1S/C28H29N2O4/c31-27(22-11-13-25(14-12-22)29(33)34)20-30-17-15-21(16-18-30)26(19-30)28(32,23-7-3-1-4-8-23)24-9-5-2-6-10-24/h1-14,21,26,32H,15-20H2/q+1. The summed E-state index contributed by atoms with van der Waals surface area (Å²) in [5, 5.41) is 23.3. The van der Waals surface area contributed by atoms with E-state index in [9.17, 15) is 20.0 Å². The number of aliphatic hydroxyl groups is 1. The Labute approximate surface area is 199 Å². The Morgan fingerprint density at radius 3 is 1.94 bits per heavy atom. The van der Waals surface area contributed by atoms with Crippen molar-refractivity contribution in [2.45, 2.75) is 18.4 Å². The van der Waals surface area contributed by atoms with E-state index in [0.717, 1.165) is 43.6 Å². The second-order valence-corrected chi connectivity index (χ2v) is 9.80. The fourth-order valence-corrected chi connectivity index (χ4v) is 6.13. The zero-order valence-electron chi connectivity index (χ0n) is 19.0. The van der Waals surface area contributed by atoms with Crippen molar-refractivity contribution in [3.05, 3.63) is 112 Å². The van der Waals surface area contributed by atoms with Gasteiger partial charge in [-0.05, 0) is 29.2 Å². The zero-order chi connectivity index (χ0) is 23.8. The van der Waals surface area contributed by atoms with Crippen molar-refractivity contribution in [3.8, 4) is 0 Å². The van der Waals surface area contributed by atoms with Gasteiger partial charge < -0.3 is 9.59 Å². The molecule has 2 bridgehead atoms. The largest absolute Gasteiger partial charge is 0.380 e. The van der Waals surface area contributed by atoms with Gasteiger partial charge in [-0.15, -0.1) is 0 Å². The van der Waals surface area contributed by atoms with Crippen molar-refractivity contribution < 1.29 is 19.3 Å². The second-order valence-electron chi connectivity index (χ2n) is 9.80. The number of nitrogens with zero attached hydrogens (tertiary/aromatic N) is 2. The number of carbonyl (C=O) groups excluding carboxylic acids is 1. The molecule has 174 valence electrons. The van der Waals surface area contributed by atoms with E-state index in [1.54, 1.807) is 12.1 Å². The highest BCUT2D eigenvalue weighted by Gasteiger charge is 2.55. The summed E-state index contributed by atoms with van der Waals surface area (Å²) in [7, 11) is 0. The van der Waals surface area contributed by atoms with Crippen LogP contribution in [0.15, 0.2) is 84.9 Å². The normalized spacial score (nSPS) is 24.0. The fourth-order valence-electron chi connectivity index (χ4n) is 6.13. The number of hydrogen-bond acceptors (Lipinski definition) is 4. The van der Waals surface area contributed by atoms with Crippen LogP contribution in [0.1, 0.15) is 34.3 Å². The number of benzene rings is 3. The first-order valence-electron chi connectivity index (χ1n) is 11.9. The van der Waals surface area contributed by atoms with Crippen LogP contribution in [0.4, 0.5) is 5.69 Å². The molecule has 0 aliphatic carbocycles. The van der Waals surface area contributed by atoms with Gasteiger partial charge in [0.25, 0.3) is 5.69 Å². The molecule has 0 radical (unpaired) electrons. The maximum Gasteiger partial charge on any atom is 0.269 e. The lowest BCUT2D eigenvalue weighted by atomic mass is 9.64. The van der Waals surface area contributed by atoms with Crippen LogP contribution < -0.4 is 0 Å². The minimum absolute atomic E-state index is 0.00281. The summed E-state index contributed by atoms with van der Waals surface area (Å²) in [6.45, 7) is 2.91. The van der Waals surface area contributed by atoms with Gasteiger partial charge in [0.15, 0.2) is 0 Å². The first kappa shape index (κ1) is 22.4. The minimum atomic E-state index is -1.13. The quantitative estimate of drug-likeness (QED) is 0.244. The van der Waals surface area contributed by atoms with Crippen LogP contribution in [-0.4, -0.2) is 46.5 Å². The number of Topliss-reactive ketones (excluding diaryl/α,β-unsaturated/α-hetero) is 1. The Hall–Kier alpha value is -3.35. The Balaban J connectivity index is 1.46. The molecule has 3 aliphatic rings. The predicted octanol–water partition coefficient (Wildman–Crippen LogP) is 4.57. The van der Waals surface area contributed by atoms with Gasteiger partial charge in [-0.2, -0.15) is 0 Å². The van der Waals surface area contributed by atoms with Gasteiger partial charge in [-0.25, -0.2) is 0 Å². The number of piperidine rings is 3. The summed E-state index contributed by atoms with van der Waals surface area (Å²) < 4.78 is 0.652. The van der Waals surface area contributed by atoms with E-state index in [4.69, 9.17) is 0 Å². The summed E-state index contributed by atoms with van der Waals surface area (Å²) in [5.74, 6) is 0.376. The van der Waals surface area contributed by atoms with E-state index in [2.05, 4.69) is 0 Å². The Kier molecular flexibility index (Phi) is 5.80. The molecule has 1 atom stereocenters. The van der Waals surface area contributed by atoms with Crippen LogP contribution in [0.2, 0.25) is 0 Å². The SMILES string of the molecule is O=C(C[N+]12CCC(CC1)C(C(O)(c1ccccc1)c1ccccc1)C2)c1ccc([N+](=O)[O-])cc1. The Bertz CT molecular complexity index is 1130. The van der Waals surface area contributed by atoms with Crippen molar-refractivity contribution >= 4 is 11.5 Å². The molecule has 6 nitrogen and oxygen atoms in total. The lowest BCUT2D eigenvalue weighted by molar-refractivity contribution is -0.940. The van der Waals surface area contributed by atoms with Gasteiger partial charge in [-0.3, -0.25) is 14.9 Å². The van der Waals surface area contributed by atoms with Crippen LogP contribution in [-0.2, 0) is 5.60 Å². The smallest absolute Gasteiger partial charge is 0.269 e. The van der Waals surface area contributed by atoms with Crippen molar-refractivity contribution in [2.24, 2.45) is 11.8 Å². The molecule has 1 N–H and O–H groups in total. The molecule has 3 aromatic carbocycles. The van der Waals surface area contributed by atoms with Crippen LogP contribution in [0.25, 0.3) is 0 Å². The molecule has 3 aromatic rings. The summed E-state index contributed by atoms with van der Waals surface area (Å²) >= 11 is 0. The van der Waals surface area contributed by atoms with E-state index in [1.807, 2.05) is 60.7 Å². The van der Waals surface area contributed by atoms with Gasteiger partial charge in [0, 0.05) is 36.5 Å². The lowest BCUT2D eigenvalue weighted by Crippen LogP contribution is -2.66. The van der Waals surface area contributed by atoms with Gasteiger partial charge >= 0.3 is 0 Å². The van der Waals surface area contributed by atoms with Crippen molar-refractivity contribution in [2.75, 3.05) is 26.2 Å². The third-order valence-corrected chi connectivity index (χ3v) is 7.95. The number of fused-ring (bicyclic) bond motifs is 3. The molecule has 6 rings (SSSR count). The molecule has 6 heteroatoms. The van der Waals surface area contributed by atoms with Crippen LogP contribution in [0, 0.1) is 22.0 Å². The third kappa shape index (κ3) is 3.93. The van der Waals surface area contributed by atoms with Crippen LogP contribution >= 0.6 is 0 Å². The Morgan fingerprint density at radius 2 is 1.44 bits per heavy atom. The van der Waals surface area contributed by atoms with Crippen molar-refractivity contribution in [1.29, 1.82) is 0 Å². The monoisotopic (exact) mass is 457 g/mol. The maximum atomic E-state index is 13.2. The number of nitro benzene ring substituents is 1. The fraction of sp³-hybridized carbons (Fsp3) is 0.321. The summed E-state index contributed by atoms with van der Waals surface area (Å²) in [6.07, 6.45) is 1.94. The first-order valence-corrected chi connectivity index (χ1v) is 11.9. The predicted molar refractivity (Wildman–Crippen MR) is 129 cm³/mol. The number of hydrogen-bond donors (Lipinski definition) is 1. The van der Waals surface area contributed by atoms with E-state index in [0.29, 0.717) is 22.5 Å². The molecule has 3 heterocycles. The molecular weight excluding hydrogens is 428 g/mol. The highest BCUT2D eigenvalue weighted by molar-refractivity contribution is 5.97. The number of ketones is 1.